The van der Waals surface area contributed by atoms with Gasteiger partial charge in [-0.2, -0.15) is 0 Å². The molecule has 0 aliphatic carbocycles. The summed E-state index contributed by atoms with van der Waals surface area (Å²) in [5, 5.41) is 3.17. The Balaban J connectivity index is 1.91. The van der Waals surface area contributed by atoms with Gasteiger partial charge >= 0.3 is 0 Å². The van der Waals surface area contributed by atoms with E-state index < -0.39 is 19.9 Å². The minimum atomic E-state index is -3.77. The van der Waals surface area contributed by atoms with E-state index in [-0.39, 0.29) is 20.7 Å². The van der Waals surface area contributed by atoms with E-state index in [9.17, 15) is 16.8 Å². The number of nitrogens with one attached hydrogen (secondary N) is 2. The Bertz CT molecular complexity index is 936. The minimum absolute atomic E-state index is 0.0353. The first-order valence-corrected chi connectivity index (χ1v) is 11.0. The average Bonchev–Trinajstić information content (AvgIpc) is 2.63. The van der Waals surface area contributed by atoms with E-state index in [0.29, 0.717) is 12.8 Å². The highest BCUT2D eigenvalue weighted by atomic mass is 32.2. The van der Waals surface area contributed by atoms with Crippen LogP contribution >= 0.6 is 0 Å². The van der Waals surface area contributed by atoms with Gasteiger partial charge in [0.25, 0.3) is 0 Å². The highest BCUT2D eigenvalue weighted by Gasteiger charge is 2.24. The molecule has 134 valence electrons. The van der Waals surface area contributed by atoms with Crippen LogP contribution in [0.15, 0.2) is 69.3 Å². The zero-order valence-corrected chi connectivity index (χ0v) is 15.2. The fourth-order valence-corrected chi connectivity index (χ4v) is 5.52. The molecule has 0 atom stereocenters. The van der Waals surface area contributed by atoms with Gasteiger partial charge in [-0.25, -0.2) is 21.6 Å². The number of sulfone groups is 1. The fraction of sp³-hybridized carbons (Fsp3) is 0.294. The van der Waals surface area contributed by atoms with Crippen LogP contribution in [0.2, 0.25) is 0 Å². The highest BCUT2D eigenvalue weighted by Crippen LogP contribution is 2.23. The van der Waals surface area contributed by atoms with Gasteiger partial charge < -0.3 is 5.32 Å². The number of rotatable bonds is 5. The molecule has 25 heavy (non-hydrogen) atoms. The number of piperidine rings is 1. The molecule has 0 saturated carbocycles. The molecule has 2 aromatic carbocycles. The molecule has 8 heteroatoms. The molecule has 0 amide bonds. The summed E-state index contributed by atoms with van der Waals surface area (Å²) in [6.45, 7) is 1.52. The molecule has 0 unspecified atom stereocenters. The standard InChI is InChI=1S/C17H20N2O4S2/c20-24(21,15-5-2-1-3-6-15)16-7-4-8-17(13-16)25(22,23)19-14-9-11-18-12-10-14/h1-8,13-14,18-19H,9-12H2. The van der Waals surface area contributed by atoms with Crippen LogP contribution in [0.3, 0.4) is 0 Å². The molecule has 1 fully saturated rings. The molecule has 1 saturated heterocycles. The Hall–Kier alpha value is -1.74. The molecule has 1 heterocycles. The first-order chi connectivity index (χ1) is 11.9. The van der Waals surface area contributed by atoms with Crippen LogP contribution in [0.5, 0.6) is 0 Å². The summed E-state index contributed by atoms with van der Waals surface area (Å²) in [6.07, 6.45) is 1.42. The quantitative estimate of drug-likeness (QED) is 0.821. The lowest BCUT2D eigenvalue weighted by Crippen LogP contribution is -2.42. The molecular formula is C17H20N2O4S2. The third-order valence-electron chi connectivity index (χ3n) is 4.14. The van der Waals surface area contributed by atoms with Gasteiger partial charge in [-0.15, -0.1) is 0 Å². The van der Waals surface area contributed by atoms with Crippen molar-refractivity contribution in [3.8, 4) is 0 Å². The summed E-state index contributed by atoms with van der Waals surface area (Å²) in [5.41, 5.74) is 0. The van der Waals surface area contributed by atoms with Crippen LogP contribution in [0.4, 0.5) is 0 Å². The summed E-state index contributed by atoms with van der Waals surface area (Å²) in [4.78, 5) is 0.0609. The van der Waals surface area contributed by atoms with Crippen molar-refractivity contribution in [1.29, 1.82) is 0 Å². The van der Waals surface area contributed by atoms with E-state index in [2.05, 4.69) is 10.0 Å². The molecule has 6 nitrogen and oxygen atoms in total. The first kappa shape index (κ1) is 18.1. The van der Waals surface area contributed by atoms with Gasteiger partial charge in [-0.3, -0.25) is 0 Å². The monoisotopic (exact) mass is 380 g/mol. The SMILES string of the molecule is O=S(=O)(NC1CCNCC1)c1cccc(S(=O)(=O)c2ccccc2)c1. The first-order valence-electron chi connectivity index (χ1n) is 8.03. The predicted molar refractivity (Wildman–Crippen MR) is 94.5 cm³/mol. The number of hydrogen-bond donors (Lipinski definition) is 2. The Morgan fingerprint density at radius 3 is 2.08 bits per heavy atom. The van der Waals surface area contributed by atoms with Crippen LogP contribution < -0.4 is 10.0 Å². The Morgan fingerprint density at radius 1 is 0.800 bits per heavy atom. The smallest absolute Gasteiger partial charge is 0.240 e. The molecule has 0 bridgehead atoms. The molecule has 2 aromatic rings. The molecule has 3 rings (SSSR count). The number of sulfonamides is 1. The highest BCUT2D eigenvalue weighted by molar-refractivity contribution is 7.91. The average molecular weight is 380 g/mol. The zero-order chi connectivity index (χ0) is 17.9. The van der Waals surface area contributed by atoms with Crippen LogP contribution in [0.1, 0.15) is 12.8 Å². The van der Waals surface area contributed by atoms with Crippen molar-refractivity contribution < 1.29 is 16.8 Å². The number of benzene rings is 2. The van der Waals surface area contributed by atoms with Gasteiger partial charge in [-0.05, 0) is 56.3 Å². The van der Waals surface area contributed by atoms with Gasteiger partial charge in [0.1, 0.15) is 0 Å². The maximum absolute atomic E-state index is 12.7. The van der Waals surface area contributed by atoms with Crippen LogP contribution in [0, 0.1) is 0 Å². The normalized spacial score (nSPS) is 16.6. The van der Waals surface area contributed by atoms with Crippen molar-refractivity contribution in [3.63, 3.8) is 0 Å². The van der Waals surface area contributed by atoms with E-state index in [1.807, 2.05) is 0 Å². The molecule has 1 aliphatic rings. The van der Waals surface area contributed by atoms with Crippen LogP contribution in [0.25, 0.3) is 0 Å². The Kier molecular flexibility index (Phi) is 5.24. The van der Waals surface area contributed by atoms with Crippen molar-refractivity contribution in [3.05, 3.63) is 54.6 Å². The summed E-state index contributed by atoms with van der Waals surface area (Å²) in [7, 11) is -7.52. The molecule has 0 aromatic heterocycles. The van der Waals surface area contributed by atoms with Crippen molar-refractivity contribution in [2.24, 2.45) is 0 Å². The van der Waals surface area contributed by atoms with Gasteiger partial charge in [0.2, 0.25) is 19.9 Å². The summed E-state index contributed by atoms with van der Waals surface area (Å²) in [6, 6.07) is 13.3. The van der Waals surface area contributed by atoms with Crippen molar-refractivity contribution in [2.45, 2.75) is 33.6 Å². The van der Waals surface area contributed by atoms with Crippen molar-refractivity contribution in [2.75, 3.05) is 13.1 Å². The molecule has 0 spiro atoms. The lowest BCUT2D eigenvalue weighted by atomic mass is 10.1. The van der Waals surface area contributed by atoms with E-state index in [1.54, 1.807) is 18.2 Å². The topological polar surface area (TPSA) is 92.3 Å². The second-order valence-electron chi connectivity index (χ2n) is 5.94. The molecular weight excluding hydrogens is 360 g/mol. The molecule has 1 aliphatic heterocycles. The van der Waals surface area contributed by atoms with Crippen molar-refractivity contribution >= 4 is 19.9 Å². The third-order valence-corrected chi connectivity index (χ3v) is 7.43. The van der Waals surface area contributed by atoms with E-state index in [4.69, 9.17) is 0 Å². The summed E-state index contributed by atoms with van der Waals surface area (Å²) in [5.74, 6) is 0. The van der Waals surface area contributed by atoms with Gasteiger partial charge in [-0.1, -0.05) is 24.3 Å². The lowest BCUT2D eigenvalue weighted by Gasteiger charge is -2.23. The zero-order valence-electron chi connectivity index (χ0n) is 13.6. The minimum Gasteiger partial charge on any atom is -0.317 e. The van der Waals surface area contributed by atoms with E-state index in [0.717, 1.165) is 13.1 Å². The maximum Gasteiger partial charge on any atom is 0.240 e. The lowest BCUT2D eigenvalue weighted by molar-refractivity contribution is 0.427. The second-order valence-corrected chi connectivity index (χ2v) is 9.60. The van der Waals surface area contributed by atoms with Crippen LogP contribution in [-0.2, 0) is 19.9 Å². The van der Waals surface area contributed by atoms with E-state index >= 15 is 0 Å². The Labute approximate surface area is 148 Å². The molecule has 2 N–H and O–H groups in total. The maximum atomic E-state index is 12.7. The largest absolute Gasteiger partial charge is 0.317 e. The summed E-state index contributed by atoms with van der Waals surface area (Å²) < 4.78 is 53.2. The fourth-order valence-electron chi connectivity index (χ4n) is 2.77. The molecule has 0 radical (unpaired) electrons. The van der Waals surface area contributed by atoms with Gasteiger partial charge in [0.05, 0.1) is 14.7 Å². The third kappa shape index (κ3) is 4.09. The van der Waals surface area contributed by atoms with Gasteiger partial charge in [0, 0.05) is 6.04 Å². The van der Waals surface area contributed by atoms with Gasteiger partial charge in [0.15, 0.2) is 0 Å². The number of hydrogen-bond acceptors (Lipinski definition) is 5. The summed E-state index contributed by atoms with van der Waals surface area (Å²) >= 11 is 0. The second kappa shape index (κ2) is 7.25. The van der Waals surface area contributed by atoms with E-state index in [1.165, 1.54) is 36.4 Å². The Morgan fingerprint density at radius 2 is 1.40 bits per heavy atom. The predicted octanol–water partition coefficient (Wildman–Crippen LogP) is 1.55. The van der Waals surface area contributed by atoms with Crippen LogP contribution in [-0.4, -0.2) is 36.0 Å². The van der Waals surface area contributed by atoms with Crippen molar-refractivity contribution in [1.82, 2.24) is 10.0 Å².